The van der Waals surface area contributed by atoms with Crippen LogP contribution in [0.4, 0.5) is 18.9 Å². The van der Waals surface area contributed by atoms with Crippen LogP contribution in [0.5, 0.6) is 5.75 Å². The molecule has 0 radical (unpaired) electrons. The van der Waals surface area contributed by atoms with E-state index in [-0.39, 0.29) is 40.8 Å². The van der Waals surface area contributed by atoms with E-state index in [0.717, 1.165) is 29.8 Å². The zero-order chi connectivity index (χ0) is 29.4. The molecule has 3 rings (SSSR count). The third kappa shape index (κ3) is 8.74. The number of hydrogen-bond donors (Lipinski definition) is 4. The SMILES string of the molecule is CC(C)C[C@H](NC(=O)c1cc(Cl)ccc1O)C(=O)N[C@@H](Cc1ccccc1)C(=O)Nc1ccc(C(F)(F)F)cc1. The quantitative estimate of drug-likeness (QED) is 0.253. The third-order valence-electron chi connectivity index (χ3n) is 5.93. The summed E-state index contributed by atoms with van der Waals surface area (Å²) in [6.07, 6.45) is -4.22. The fraction of sp³-hybridized carbons (Fsp3) is 0.276. The van der Waals surface area contributed by atoms with E-state index < -0.39 is 41.5 Å². The van der Waals surface area contributed by atoms with Crippen LogP contribution in [0.15, 0.2) is 72.8 Å². The maximum absolute atomic E-state index is 13.4. The smallest absolute Gasteiger partial charge is 0.416 e. The highest BCUT2D eigenvalue weighted by Crippen LogP contribution is 2.30. The fourth-order valence-corrected chi connectivity index (χ4v) is 4.10. The van der Waals surface area contributed by atoms with Gasteiger partial charge in [-0.15, -0.1) is 0 Å². The van der Waals surface area contributed by atoms with Crippen LogP contribution in [0.3, 0.4) is 0 Å². The Labute approximate surface area is 234 Å². The van der Waals surface area contributed by atoms with Gasteiger partial charge in [-0.1, -0.05) is 55.8 Å². The van der Waals surface area contributed by atoms with Gasteiger partial charge >= 0.3 is 6.18 Å². The van der Waals surface area contributed by atoms with Crippen molar-refractivity contribution in [1.82, 2.24) is 10.6 Å². The van der Waals surface area contributed by atoms with Crippen LogP contribution in [0.25, 0.3) is 0 Å². The van der Waals surface area contributed by atoms with Crippen LogP contribution in [-0.2, 0) is 22.2 Å². The first-order chi connectivity index (χ1) is 18.8. The Morgan fingerprint density at radius 3 is 2.12 bits per heavy atom. The van der Waals surface area contributed by atoms with E-state index in [9.17, 15) is 32.7 Å². The summed E-state index contributed by atoms with van der Waals surface area (Å²) in [5, 5.41) is 18.1. The lowest BCUT2D eigenvalue weighted by atomic mass is 10.0. The Hall–Kier alpha value is -4.05. The Morgan fingerprint density at radius 1 is 0.875 bits per heavy atom. The van der Waals surface area contributed by atoms with Gasteiger partial charge in [0.2, 0.25) is 11.8 Å². The first-order valence-corrected chi connectivity index (χ1v) is 12.8. The molecule has 3 aromatic rings. The second-order valence-corrected chi connectivity index (χ2v) is 10.1. The third-order valence-corrected chi connectivity index (χ3v) is 6.16. The van der Waals surface area contributed by atoms with E-state index in [4.69, 9.17) is 11.6 Å². The normalized spacial score (nSPS) is 12.9. The average Bonchev–Trinajstić information content (AvgIpc) is 2.89. The van der Waals surface area contributed by atoms with Crippen molar-refractivity contribution in [2.24, 2.45) is 5.92 Å². The van der Waals surface area contributed by atoms with Gasteiger partial charge in [0, 0.05) is 17.1 Å². The minimum Gasteiger partial charge on any atom is -0.507 e. The number of phenolic OH excluding ortho intramolecular Hbond substituents is 1. The van der Waals surface area contributed by atoms with Gasteiger partial charge in [-0.05, 0) is 60.4 Å². The molecule has 0 aliphatic heterocycles. The van der Waals surface area contributed by atoms with Gasteiger partial charge in [0.15, 0.2) is 0 Å². The average molecular weight is 576 g/mol. The molecule has 0 bridgehead atoms. The molecule has 0 fully saturated rings. The first kappa shape index (κ1) is 30.5. The van der Waals surface area contributed by atoms with Crippen LogP contribution in [0, 0.1) is 5.92 Å². The predicted octanol–water partition coefficient (Wildman–Crippen LogP) is 5.58. The highest BCUT2D eigenvalue weighted by Gasteiger charge is 2.31. The summed E-state index contributed by atoms with van der Waals surface area (Å²) >= 11 is 5.95. The summed E-state index contributed by atoms with van der Waals surface area (Å²) in [6.45, 7) is 3.70. The number of hydrogen-bond acceptors (Lipinski definition) is 4. The van der Waals surface area contributed by atoms with Crippen molar-refractivity contribution < 1.29 is 32.7 Å². The van der Waals surface area contributed by atoms with Crippen molar-refractivity contribution in [3.8, 4) is 5.75 Å². The lowest BCUT2D eigenvalue weighted by Gasteiger charge is -2.24. The summed E-state index contributed by atoms with van der Waals surface area (Å²) in [7, 11) is 0. The van der Waals surface area contributed by atoms with Crippen LogP contribution in [-0.4, -0.2) is 34.9 Å². The van der Waals surface area contributed by atoms with Crippen LogP contribution < -0.4 is 16.0 Å². The van der Waals surface area contributed by atoms with Gasteiger partial charge in [0.25, 0.3) is 5.91 Å². The number of phenols is 1. The summed E-state index contributed by atoms with van der Waals surface area (Å²) in [5.74, 6) is -2.37. The van der Waals surface area contributed by atoms with E-state index in [1.54, 1.807) is 30.3 Å². The van der Waals surface area contributed by atoms with E-state index in [2.05, 4.69) is 16.0 Å². The monoisotopic (exact) mass is 575 g/mol. The van der Waals surface area contributed by atoms with E-state index in [1.165, 1.54) is 18.2 Å². The maximum Gasteiger partial charge on any atom is 0.416 e. The summed E-state index contributed by atoms with van der Waals surface area (Å²) in [5.41, 5.74) is -0.134. The number of halogens is 4. The molecule has 7 nitrogen and oxygen atoms in total. The minimum atomic E-state index is -4.52. The molecule has 212 valence electrons. The first-order valence-electron chi connectivity index (χ1n) is 12.4. The van der Waals surface area contributed by atoms with Crippen LogP contribution in [0.2, 0.25) is 5.02 Å². The molecule has 3 aromatic carbocycles. The van der Waals surface area contributed by atoms with Crippen LogP contribution in [0.1, 0.15) is 41.8 Å². The molecule has 0 spiro atoms. The molecular weight excluding hydrogens is 547 g/mol. The van der Waals surface area contributed by atoms with Gasteiger partial charge in [-0.3, -0.25) is 14.4 Å². The van der Waals surface area contributed by atoms with Crippen LogP contribution >= 0.6 is 11.6 Å². The number of alkyl halides is 3. The molecule has 0 aliphatic rings. The molecule has 11 heteroatoms. The summed E-state index contributed by atoms with van der Waals surface area (Å²) in [6, 6.07) is 14.5. The largest absolute Gasteiger partial charge is 0.507 e. The number of rotatable bonds is 10. The molecule has 2 atom stereocenters. The Kier molecular flexibility index (Phi) is 10.2. The Bertz CT molecular complexity index is 1330. The molecule has 0 aliphatic carbocycles. The number of aromatic hydroxyl groups is 1. The minimum absolute atomic E-state index is 0.0300. The molecular formula is C29H29ClF3N3O4. The predicted molar refractivity (Wildman–Crippen MR) is 146 cm³/mol. The number of anilines is 1. The Morgan fingerprint density at radius 2 is 1.52 bits per heavy atom. The number of benzene rings is 3. The molecule has 40 heavy (non-hydrogen) atoms. The van der Waals surface area contributed by atoms with Crippen molar-refractivity contribution in [2.45, 2.75) is 44.9 Å². The highest BCUT2D eigenvalue weighted by atomic mass is 35.5. The highest BCUT2D eigenvalue weighted by molar-refractivity contribution is 6.31. The lowest BCUT2D eigenvalue weighted by molar-refractivity contribution is -0.137. The molecule has 0 saturated heterocycles. The Balaban J connectivity index is 1.81. The molecule has 3 amide bonds. The van der Waals surface area contributed by atoms with Gasteiger partial charge in [-0.2, -0.15) is 13.2 Å². The molecule has 4 N–H and O–H groups in total. The van der Waals surface area contributed by atoms with Gasteiger partial charge in [-0.25, -0.2) is 0 Å². The van der Waals surface area contributed by atoms with Gasteiger partial charge in [0.1, 0.15) is 17.8 Å². The molecule has 0 saturated carbocycles. The van der Waals surface area contributed by atoms with Crippen molar-refractivity contribution in [3.63, 3.8) is 0 Å². The zero-order valence-electron chi connectivity index (χ0n) is 21.8. The second kappa shape index (κ2) is 13.3. The number of carbonyl (C=O) groups excluding carboxylic acids is 3. The topological polar surface area (TPSA) is 108 Å². The molecule has 0 heterocycles. The molecule has 0 aromatic heterocycles. The van der Waals surface area contributed by atoms with Crippen molar-refractivity contribution >= 4 is 35.0 Å². The standard InChI is InChI=1S/C29H29ClF3N3O4/c1-17(2)14-23(35-26(38)22-16-20(30)10-13-25(22)37)28(40)36-24(15-18-6-4-3-5-7-18)27(39)34-21-11-8-19(9-12-21)29(31,32)33/h3-13,16-17,23-24,37H,14-15H2,1-2H3,(H,34,39)(H,35,38)(H,36,40)/t23-,24-/m0/s1. The lowest BCUT2D eigenvalue weighted by Crippen LogP contribution is -2.53. The van der Waals surface area contributed by atoms with Gasteiger partial charge < -0.3 is 21.1 Å². The van der Waals surface area contributed by atoms with Crippen molar-refractivity contribution in [3.05, 3.63) is 94.5 Å². The fourth-order valence-electron chi connectivity index (χ4n) is 3.93. The van der Waals surface area contributed by atoms with E-state index in [0.29, 0.717) is 0 Å². The van der Waals surface area contributed by atoms with E-state index >= 15 is 0 Å². The number of amides is 3. The zero-order valence-corrected chi connectivity index (χ0v) is 22.5. The number of nitrogens with one attached hydrogen (secondary N) is 3. The summed E-state index contributed by atoms with van der Waals surface area (Å²) in [4.78, 5) is 39.5. The van der Waals surface area contributed by atoms with Gasteiger partial charge in [0.05, 0.1) is 11.1 Å². The van der Waals surface area contributed by atoms with Crippen molar-refractivity contribution in [1.29, 1.82) is 0 Å². The summed E-state index contributed by atoms with van der Waals surface area (Å²) < 4.78 is 38.8. The second-order valence-electron chi connectivity index (χ2n) is 9.63. The van der Waals surface area contributed by atoms with E-state index in [1.807, 2.05) is 13.8 Å². The number of carbonyl (C=O) groups is 3. The molecule has 0 unspecified atom stereocenters. The van der Waals surface area contributed by atoms with Crippen molar-refractivity contribution in [2.75, 3.05) is 5.32 Å². The maximum atomic E-state index is 13.4.